The summed E-state index contributed by atoms with van der Waals surface area (Å²) in [6.45, 7) is 1.29. The van der Waals surface area contributed by atoms with Gasteiger partial charge in [0.05, 0.1) is 6.10 Å². The number of rotatable bonds is 5. The molecule has 1 fully saturated rings. The van der Waals surface area contributed by atoms with Gasteiger partial charge in [-0.05, 0) is 49.2 Å². The van der Waals surface area contributed by atoms with E-state index in [1.165, 1.54) is 0 Å². The van der Waals surface area contributed by atoms with Crippen molar-refractivity contribution in [2.24, 2.45) is 0 Å². The highest BCUT2D eigenvalue weighted by Crippen LogP contribution is 2.23. The molecule has 1 aliphatic heterocycles. The minimum absolute atomic E-state index is 0.135. The molecule has 0 radical (unpaired) electrons. The average Bonchev–Trinajstić information content (AvgIpc) is 3.05. The summed E-state index contributed by atoms with van der Waals surface area (Å²) in [4.78, 5) is 12.4. The maximum absolute atomic E-state index is 12.4. The van der Waals surface area contributed by atoms with Crippen LogP contribution in [-0.2, 0) is 4.74 Å². The van der Waals surface area contributed by atoms with Crippen LogP contribution in [0.4, 0.5) is 5.69 Å². The molecular formula is C18H17Cl2NO3. The maximum atomic E-state index is 12.4. The Kier molecular flexibility index (Phi) is 5.61. The minimum atomic E-state index is -0.254. The Bertz CT molecular complexity index is 710. The smallest absolute Gasteiger partial charge is 0.255 e. The van der Waals surface area contributed by atoms with E-state index in [0.717, 1.165) is 19.4 Å². The fourth-order valence-corrected chi connectivity index (χ4v) is 3.05. The van der Waals surface area contributed by atoms with Crippen LogP contribution in [0.15, 0.2) is 42.5 Å². The third kappa shape index (κ3) is 4.63. The molecule has 1 aliphatic rings. The van der Waals surface area contributed by atoms with Crippen molar-refractivity contribution in [3.8, 4) is 5.75 Å². The Labute approximate surface area is 150 Å². The first-order chi connectivity index (χ1) is 11.6. The zero-order valence-electron chi connectivity index (χ0n) is 12.9. The second kappa shape index (κ2) is 7.88. The van der Waals surface area contributed by atoms with Crippen LogP contribution in [0.5, 0.6) is 5.75 Å². The highest BCUT2D eigenvalue weighted by Gasteiger charge is 2.16. The second-order valence-electron chi connectivity index (χ2n) is 5.59. The predicted molar refractivity (Wildman–Crippen MR) is 95.3 cm³/mol. The molecule has 4 nitrogen and oxygen atoms in total. The van der Waals surface area contributed by atoms with Gasteiger partial charge in [-0.1, -0.05) is 29.3 Å². The number of benzene rings is 2. The normalized spacial score (nSPS) is 16.8. The summed E-state index contributed by atoms with van der Waals surface area (Å²) < 4.78 is 11.2. The lowest BCUT2D eigenvalue weighted by Gasteiger charge is -2.12. The fourth-order valence-electron chi connectivity index (χ4n) is 2.52. The van der Waals surface area contributed by atoms with E-state index in [1.807, 2.05) is 6.07 Å². The van der Waals surface area contributed by atoms with Gasteiger partial charge in [-0.15, -0.1) is 0 Å². The van der Waals surface area contributed by atoms with Gasteiger partial charge in [-0.25, -0.2) is 0 Å². The van der Waals surface area contributed by atoms with Crippen LogP contribution in [0.2, 0.25) is 10.0 Å². The highest BCUT2D eigenvalue weighted by atomic mass is 35.5. The topological polar surface area (TPSA) is 47.6 Å². The van der Waals surface area contributed by atoms with Crippen LogP contribution in [0.25, 0.3) is 0 Å². The van der Waals surface area contributed by atoms with E-state index in [9.17, 15) is 4.79 Å². The summed E-state index contributed by atoms with van der Waals surface area (Å²) in [6.07, 6.45) is 2.21. The number of carbonyl (C=O) groups excluding carboxylic acids is 1. The summed E-state index contributed by atoms with van der Waals surface area (Å²) in [5.74, 6) is 0.387. The minimum Gasteiger partial charge on any atom is -0.491 e. The van der Waals surface area contributed by atoms with E-state index < -0.39 is 0 Å². The Balaban J connectivity index is 1.64. The first kappa shape index (κ1) is 17.1. The molecular weight excluding hydrogens is 349 g/mol. The van der Waals surface area contributed by atoms with Gasteiger partial charge < -0.3 is 14.8 Å². The standard InChI is InChI=1S/C18H17Cl2NO3/c19-13-8-14(20)10-15(9-13)21-18(22)12-3-1-4-16(7-12)24-11-17-5-2-6-23-17/h1,3-4,7-10,17H,2,5-6,11H2,(H,21,22). The van der Waals surface area contributed by atoms with Gasteiger partial charge in [0.15, 0.2) is 0 Å². The number of amides is 1. The van der Waals surface area contributed by atoms with Gasteiger partial charge in [0.1, 0.15) is 12.4 Å². The second-order valence-corrected chi connectivity index (χ2v) is 6.46. The van der Waals surface area contributed by atoms with Crippen molar-refractivity contribution in [1.82, 2.24) is 0 Å². The zero-order valence-corrected chi connectivity index (χ0v) is 14.4. The molecule has 3 rings (SSSR count). The molecule has 0 spiro atoms. The molecule has 2 aromatic rings. The molecule has 1 unspecified atom stereocenters. The van der Waals surface area contributed by atoms with E-state index in [0.29, 0.717) is 33.7 Å². The van der Waals surface area contributed by atoms with Crippen LogP contribution >= 0.6 is 23.2 Å². The summed E-state index contributed by atoms with van der Waals surface area (Å²) in [7, 11) is 0. The summed E-state index contributed by atoms with van der Waals surface area (Å²) in [5.41, 5.74) is 1.04. The van der Waals surface area contributed by atoms with Gasteiger partial charge in [-0.3, -0.25) is 4.79 Å². The van der Waals surface area contributed by atoms with Gasteiger partial charge in [0.25, 0.3) is 5.91 Å². The van der Waals surface area contributed by atoms with E-state index in [2.05, 4.69) is 5.32 Å². The fraction of sp³-hybridized carbons (Fsp3) is 0.278. The van der Waals surface area contributed by atoms with Crippen molar-refractivity contribution < 1.29 is 14.3 Å². The first-order valence-electron chi connectivity index (χ1n) is 7.72. The van der Waals surface area contributed by atoms with E-state index in [4.69, 9.17) is 32.7 Å². The Hall–Kier alpha value is -1.75. The SMILES string of the molecule is O=C(Nc1cc(Cl)cc(Cl)c1)c1cccc(OCC2CCCO2)c1. The van der Waals surface area contributed by atoms with E-state index in [-0.39, 0.29) is 12.0 Å². The number of ether oxygens (including phenoxy) is 2. The predicted octanol–water partition coefficient (Wildman–Crippen LogP) is 4.80. The third-order valence-corrected chi connectivity index (χ3v) is 4.11. The van der Waals surface area contributed by atoms with Gasteiger partial charge in [0, 0.05) is 27.9 Å². The number of hydrogen-bond acceptors (Lipinski definition) is 3. The van der Waals surface area contributed by atoms with Crippen LogP contribution < -0.4 is 10.1 Å². The van der Waals surface area contributed by atoms with Crippen molar-refractivity contribution in [3.63, 3.8) is 0 Å². The number of carbonyl (C=O) groups is 1. The molecule has 0 bridgehead atoms. The van der Waals surface area contributed by atoms with Crippen molar-refractivity contribution in [3.05, 3.63) is 58.1 Å². The van der Waals surface area contributed by atoms with Crippen molar-refractivity contribution in [2.75, 3.05) is 18.5 Å². The molecule has 24 heavy (non-hydrogen) atoms. The summed E-state index contributed by atoms with van der Waals surface area (Å²) in [5, 5.41) is 3.70. The highest BCUT2D eigenvalue weighted by molar-refractivity contribution is 6.35. The van der Waals surface area contributed by atoms with Crippen molar-refractivity contribution in [1.29, 1.82) is 0 Å². The Morgan fingerprint density at radius 1 is 1.21 bits per heavy atom. The molecule has 1 saturated heterocycles. The lowest BCUT2D eigenvalue weighted by Crippen LogP contribution is -2.17. The van der Waals surface area contributed by atoms with Gasteiger partial charge >= 0.3 is 0 Å². The molecule has 0 saturated carbocycles. The molecule has 1 atom stereocenters. The number of nitrogens with one attached hydrogen (secondary N) is 1. The largest absolute Gasteiger partial charge is 0.491 e. The first-order valence-corrected chi connectivity index (χ1v) is 8.48. The number of hydrogen-bond donors (Lipinski definition) is 1. The maximum Gasteiger partial charge on any atom is 0.255 e. The van der Waals surface area contributed by atoms with Crippen LogP contribution in [0, 0.1) is 0 Å². The average molecular weight is 366 g/mol. The molecule has 126 valence electrons. The van der Waals surface area contributed by atoms with Crippen LogP contribution in [-0.4, -0.2) is 25.2 Å². The molecule has 1 amide bonds. The van der Waals surface area contributed by atoms with E-state index >= 15 is 0 Å². The lowest BCUT2D eigenvalue weighted by atomic mass is 10.2. The monoisotopic (exact) mass is 365 g/mol. The van der Waals surface area contributed by atoms with Crippen LogP contribution in [0.3, 0.4) is 0 Å². The van der Waals surface area contributed by atoms with Crippen LogP contribution in [0.1, 0.15) is 23.2 Å². The van der Waals surface area contributed by atoms with E-state index in [1.54, 1.807) is 36.4 Å². The van der Waals surface area contributed by atoms with Gasteiger partial charge in [0.2, 0.25) is 0 Å². The van der Waals surface area contributed by atoms with Crippen molar-refractivity contribution in [2.45, 2.75) is 18.9 Å². The molecule has 0 aliphatic carbocycles. The molecule has 6 heteroatoms. The van der Waals surface area contributed by atoms with Crippen molar-refractivity contribution >= 4 is 34.8 Å². The molecule has 0 aromatic heterocycles. The molecule has 1 heterocycles. The summed E-state index contributed by atoms with van der Waals surface area (Å²) in [6, 6.07) is 11.9. The lowest BCUT2D eigenvalue weighted by molar-refractivity contribution is 0.0679. The zero-order chi connectivity index (χ0) is 16.9. The quantitative estimate of drug-likeness (QED) is 0.827. The molecule has 1 N–H and O–H groups in total. The summed E-state index contributed by atoms with van der Waals surface area (Å²) >= 11 is 11.9. The Morgan fingerprint density at radius 3 is 2.71 bits per heavy atom. The molecule has 2 aromatic carbocycles. The Morgan fingerprint density at radius 2 is 2.00 bits per heavy atom. The van der Waals surface area contributed by atoms with Gasteiger partial charge in [-0.2, -0.15) is 0 Å². The third-order valence-electron chi connectivity index (χ3n) is 3.68. The number of halogens is 2. The number of anilines is 1.